The molecule has 0 aliphatic heterocycles. The lowest BCUT2D eigenvalue weighted by Crippen LogP contribution is -2.12. The molecule has 6 heteroatoms. The SMILES string of the molecule is C=CCn1c(SCc2ccccc2Cl)nnc1C(C)Oc1ccc(C(C)C)cc1. The van der Waals surface area contributed by atoms with E-state index < -0.39 is 0 Å². The third-order valence-electron chi connectivity index (χ3n) is 4.59. The molecule has 2 aromatic carbocycles. The first-order valence-corrected chi connectivity index (χ1v) is 11.0. The third-order valence-corrected chi connectivity index (χ3v) is 5.98. The molecule has 0 spiro atoms. The van der Waals surface area contributed by atoms with Gasteiger partial charge in [-0.05, 0) is 42.2 Å². The summed E-state index contributed by atoms with van der Waals surface area (Å²) >= 11 is 7.88. The van der Waals surface area contributed by atoms with Crippen LogP contribution >= 0.6 is 23.4 Å². The number of aromatic nitrogens is 3. The van der Waals surface area contributed by atoms with Crippen molar-refractivity contribution < 1.29 is 4.74 Å². The standard InChI is InChI=1S/C23H26ClN3OS/c1-5-14-27-22(17(4)28-20-12-10-18(11-13-20)16(2)3)25-26-23(27)29-15-19-8-6-7-9-21(19)24/h5-13,16-17H,1,14-15H2,2-4H3. The maximum atomic E-state index is 6.28. The van der Waals surface area contributed by atoms with Gasteiger partial charge in [-0.15, -0.1) is 16.8 Å². The van der Waals surface area contributed by atoms with Crippen LogP contribution < -0.4 is 4.74 Å². The zero-order valence-electron chi connectivity index (χ0n) is 17.0. The van der Waals surface area contributed by atoms with Crippen LogP contribution in [-0.2, 0) is 12.3 Å². The molecular formula is C23H26ClN3OS. The number of thioether (sulfide) groups is 1. The van der Waals surface area contributed by atoms with E-state index in [0.717, 1.165) is 33.1 Å². The van der Waals surface area contributed by atoms with E-state index in [9.17, 15) is 0 Å². The third kappa shape index (κ3) is 5.43. The molecule has 4 nitrogen and oxygen atoms in total. The summed E-state index contributed by atoms with van der Waals surface area (Å²) in [6.07, 6.45) is 1.61. The predicted molar refractivity (Wildman–Crippen MR) is 121 cm³/mol. The highest BCUT2D eigenvalue weighted by Crippen LogP contribution is 2.29. The number of allylic oxidation sites excluding steroid dienone is 1. The van der Waals surface area contributed by atoms with Crippen molar-refractivity contribution in [3.8, 4) is 5.75 Å². The van der Waals surface area contributed by atoms with Crippen molar-refractivity contribution >= 4 is 23.4 Å². The number of ether oxygens (including phenoxy) is 1. The predicted octanol–water partition coefficient (Wildman–Crippen LogP) is 6.67. The Bertz CT molecular complexity index is 953. The zero-order chi connectivity index (χ0) is 20.8. The summed E-state index contributed by atoms with van der Waals surface area (Å²) in [5, 5.41) is 10.4. The van der Waals surface area contributed by atoms with Gasteiger partial charge in [0, 0.05) is 17.3 Å². The van der Waals surface area contributed by atoms with Gasteiger partial charge in [-0.2, -0.15) is 0 Å². The average Bonchev–Trinajstić information content (AvgIpc) is 3.11. The molecule has 0 aliphatic carbocycles. The van der Waals surface area contributed by atoms with Gasteiger partial charge in [0.25, 0.3) is 0 Å². The average molecular weight is 428 g/mol. The fourth-order valence-electron chi connectivity index (χ4n) is 2.95. The summed E-state index contributed by atoms with van der Waals surface area (Å²) in [6, 6.07) is 16.1. The molecular weight excluding hydrogens is 402 g/mol. The van der Waals surface area contributed by atoms with Gasteiger partial charge in [-0.3, -0.25) is 4.57 Å². The lowest BCUT2D eigenvalue weighted by molar-refractivity contribution is 0.210. The number of nitrogens with zero attached hydrogens (tertiary/aromatic N) is 3. The van der Waals surface area contributed by atoms with E-state index in [4.69, 9.17) is 16.3 Å². The molecule has 0 N–H and O–H groups in total. The molecule has 3 rings (SSSR count). The molecule has 3 aromatic rings. The molecule has 1 heterocycles. The second-order valence-electron chi connectivity index (χ2n) is 7.10. The summed E-state index contributed by atoms with van der Waals surface area (Å²) in [6.45, 7) is 10.8. The zero-order valence-corrected chi connectivity index (χ0v) is 18.6. The molecule has 0 aliphatic rings. The van der Waals surface area contributed by atoms with Gasteiger partial charge in [0.2, 0.25) is 0 Å². The van der Waals surface area contributed by atoms with Crippen LogP contribution in [0.15, 0.2) is 66.3 Å². The first-order valence-electron chi connectivity index (χ1n) is 9.66. The van der Waals surface area contributed by atoms with Crippen LogP contribution in [0.3, 0.4) is 0 Å². The van der Waals surface area contributed by atoms with Crippen molar-refractivity contribution in [1.82, 2.24) is 14.8 Å². The van der Waals surface area contributed by atoms with Gasteiger partial charge in [-0.25, -0.2) is 0 Å². The molecule has 0 radical (unpaired) electrons. The van der Waals surface area contributed by atoms with Crippen LogP contribution in [0, 0.1) is 0 Å². The van der Waals surface area contributed by atoms with Crippen LogP contribution in [0.4, 0.5) is 0 Å². The largest absolute Gasteiger partial charge is 0.483 e. The van der Waals surface area contributed by atoms with Gasteiger partial charge in [0.15, 0.2) is 17.1 Å². The van der Waals surface area contributed by atoms with E-state index >= 15 is 0 Å². The van der Waals surface area contributed by atoms with Gasteiger partial charge >= 0.3 is 0 Å². The molecule has 1 unspecified atom stereocenters. The topological polar surface area (TPSA) is 39.9 Å². The van der Waals surface area contributed by atoms with Gasteiger partial charge in [0.1, 0.15) is 5.75 Å². The molecule has 0 fully saturated rings. The van der Waals surface area contributed by atoms with Crippen LogP contribution in [0.5, 0.6) is 5.75 Å². The highest BCUT2D eigenvalue weighted by molar-refractivity contribution is 7.98. The Morgan fingerprint density at radius 2 is 1.83 bits per heavy atom. The molecule has 0 saturated carbocycles. The monoisotopic (exact) mass is 427 g/mol. The molecule has 1 aromatic heterocycles. The molecule has 152 valence electrons. The second kappa shape index (κ2) is 9.99. The Balaban J connectivity index is 1.74. The summed E-state index contributed by atoms with van der Waals surface area (Å²) in [5.74, 6) is 2.82. The quantitative estimate of drug-likeness (QED) is 0.282. The van der Waals surface area contributed by atoms with Crippen LogP contribution in [0.25, 0.3) is 0 Å². The van der Waals surface area contributed by atoms with E-state index in [2.05, 4.69) is 42.8 Å². The van der Waals surface area contributed by atoms with Crippen molar-refractivity contribution in [3.05, 3.63) is 83.2 Å². The second-order valence-corrected chi connectivity index (χ2v) is 8.45. The van der Waals surface area contributed by atoms with Crippen molar-refractivity contribution in [3.63, 3.8) is 0 Å². The molecule has 29 heavy (non-hydrogen) atoms. The lowest BCUT2D eigenvalue weighted by atomic mass is 10.0. The van der Waals surface area contributed by atoms with E-state index in [-0.39, 0.29) is 6.10 Å². The van der Waals surface area contributed by atoms with E-state index in [1.165, 1.54) is 5.56 Å². The fourth-order valence-corrected chi connectivity index (χ4v) is 4.19. The minimum absolute atomic E-state index is 0.234. The normalized spacial score (nSPS) is 12.2. The van der Waals surface area contributed by atoms with Gasteiger partial charge in [-0.1, -0.05) is 73.6 Å². The Labute approximate surface area is 182 Å². The number of benzene rings is 2. The highest BCUT2D eigenvalue weighted by Gasteiger charge is 2.19. The Hall–Kier alpha value is -2.24. The van der Waals surface area contributed by atoms with Crippen molar-refractivity contribution in [2.45, 2.75) is 50.2 Å². The van der Waals surface area contributed by atoms with Crippen LogP contribution in [0.2, 0.25) is 5.02 Å². The Morgan fingerprint density at radius 3 is 2.48 bits per heavy atom. The first-order chi connectivity index (χ1) is 14.0. The van der Waals surface area contributed by atoms with Crippen LogP contribution in [0.1, 0.15) is 49.7 Å². The van der Waals surface area contributed by atoms with Gasteiger partial charge in [0.05, 0.1) is 0 Å². The number of halogens is 1. The first kappa shape index (κ1) is 21.5. The smallest absolute Gasteiger partial charge is 0.191 e. The summed E-state index contributed by atoms with van der Waals surface area (Å²) in [5.41, 5.74) is 2.36. The van der Waals surface area contributed by atoms with Crippen LogP contribution in [-0.4, -0.2) is 14.8 Å². The number of hydrogen-bond donors (Lipinski definition) is 0. The van der Waals surface area contributed by atoms with E-state index in [1.807, 2.05) is 54.0 Å². The summed E-state index contributed by atoms with van der Waals surface area (Å²) in [7, 11) is 0. The molecule has 0 saturated heterocycles. The fraction of sp³-hybridized carbons (Fsp3) is 0.304. The maximum Gasteiger partial charge on any atom is 0.191 e. The minimum atomic E-state index is -0.234. The Morgan fingerprint density at radius 1 is 1.10 bits per heavy atom. The molecule has 0 amide bonds. The number of hydrogen-bond acceptors (Lipinski definition) is 4. The van der Waals surface area contributed by atoms with Gasteiger partial charge < -0.3 is 4.74 Å². The maximum absolute atomic E-state index is 6.28. The Kier molecular flexibility index (Phi) is 7.40. The molecule has 0 bridgehead atoms. The minimum Gasteiger partial charge on any atom is -0.483 e. The number of rotatable bonds is 9. The molecule has 1 atom stereocenters. The van der Waals surface area contributed by atoms with E-state index in [0.29, 0.717) is 12.5 Å². The van der Waals surface area contributed by atoms with Crippen molar-refractivity contribution in [2.75, 3.05) is 0 Å². The van der Waals surface area contributed by atoms with Crippen molar-refractivity contribution in [1.29, 1.82) is 0 Å². The van der Waals surface area contributed by atoms with E-state index in [1.54, 1.807) is 11.8 Å². The lowest BCUT2D eigenvalue weighted by Gasteiger charge is -2.16. The summed E-state index contributed by atoms with van der Waals surface area (Å²) in [4.78, 5) is 0. The highest BCUT2D eigenvalue weighted by atomic mass is 35.5. The summed E-state index contributed by atoms with van der Waals surface area (Å²) < 4.78 is 8.17. The van der Waals surface area contributed by atoms with Crippen molar-refractivity contribution in [2.24, 2.45) is 0 Å².